The maximum atomic E-state index is 6.02. The molecule has 0 saturated heterocycles. The Morgan fingerprint density at radius 3 is 2.89 bits per heavy atom. The van der Waals surface area contributed by atoms with Crippen LogP contribution in [0.2, 0.25) is 0 Å². The van der Waals surface area contributed by atoms with Gasteiger partial charge in [0.2, 0.25) is 0 Å². The maximum Gasteiger partial charge on any atom is 0.0842 e. The van der Waals surface area contributed by atoms with Crippen molar-refractivity contribution in [3.05, 3.63) is 35.4 Å². The molecule has 0 radical (unpaired) electrons. The van der Waals surface area contributed by atoms with Gasteiger partial charge in [-0.1, -0.05) is 30.7 Å². The van der Waals surface area contributed by atoms with Gasteiger partial charge >= 0.3 is 0 Å². The Balaban J connectivity index is 1.72. The third kappa shape index (κ3) is 2.32. The van der Waals surface area contributed by atoms with E-state index in [0.29, 0.717) is 12.1 Å². The molecule has 1 aromatic carbocycles. The van der Waals surface area contributed by atoms with Crippen LogP contribution >= 0.6 is 0 Å². The third-order valence-electron chi connectivity index (χ3n) is 4.65. The van der Waals surface area contributed by atoms with E-state index in [4.69, 9.17) is 4.74 Å². The molecule has 1 fully saturated rings. The van der Waals surface area contributed by atoms with Crippen molar-refractivity contribution in [2.24, 2.45) is 5.92 Å². The van der Waals surface area contributed by atoms with Crippen molar-refractivity contribution in [1.82, 2.24) is 5.32 Å². The number of ether oxygens (including phenoxy) is 1. The second-order valence-electron chi connectivity index (χ2n) is 5.63. The Kier molecular flexibility index (Phi) is 3.67. The molecule has 2 unspecified atom stereocenters. The fourth-order valence-electron chi connectivity index (χ4n) is 3.29. The van der Waals surface area contributed by atoms with Gasteiger partial charge in [-0.2, -0.15) is 0 Å². The second-order valence-corrected chi connectivity index (χ2v) is 5.63. The molecule has 98 valence electrons. The van der Waals surface area contributed by atoms with Gasteiger partial charge in [-0.15, -0.1) is 0 Å². The minimum atomic E-state index is 0.299. The highest BCUT2D eigenvalue weighted by Crippen LogP contribution is 2.36. The normalized spacial score (nSPS) is 25.3. The lowest BCUT2D eigenvalue weighted by Crippen LogP contribution is -2.39. The van der Waals surface area contributed by atoms with E-state index in [2.05, 4.69) is 36.6 Å². The summed E-state index contributed by atoms with van der Waals surface area (Å²) < 4.78 is 6.02. The van der Waals surface area contributed by atoms with Gasteiger partial charge in [0.1, 0.15) is 0 Å². The first-order chi connectivity index (χ1) is 8.88. The molecule has 2 heteroatoms. The summed E-state index contributed by atoms with van der Waals surface area (Å²) >= 11 is 0. The predicted octanol–water partition coefficient (Wildman–Crippen LogP) is 3.08. The van der Waals surface area contributed by atoms with Crippen molar-refractivity contribution in [3.63, 3.8) is 0 Å². The molecule has 2 nitrogen and oxygen atoms in total. The maximum absolute atomic E-state index is 6.02. The van der Waals surface area contributed by atoms with Gasteiger partial charge in [0, 0.05) is 6.04 Å². The van der Waals surface area contributed by atoms with Gasteiger partial charge < -0.3 is 10.1 Å². The average molecular weight is 245 g/mol. The van der Waals surface area contributed by atoms with E-state index in [9.17, 15) is 0 Å². The number of hydrogen-bond acceptors (Lipinski definition) is 2. The topological polar surface area (TPSA) is 21.3 Å². The Morgan fingerprint density at radius 2 is 2.17 bits per heavy atom. The largest absolute Gasteiger partial charge is 0.373 e. The molecule has 0 bridgehead atoms. The number of nitrogens with one attached hydrogen (secondary N) is 1. The number of benzene rings is 1. The van der Waals surface area contributed by atoms with E-state index in [1.54, 1.807) is 0 Å². The van der Waals surface area contributed by atoms with Crippen LogP contribution in [0.5, 0.6) is 0 Å². The highest BCUT2D eigenvalue weighted by Gasteiger charge is 2.30. The summed E-state index contributed by atoms with van der Waals surface area (Å²) in [5.74, 6) is 0.868. The van der Waals surface area contributed by atoms with Crippen LogP contribution in [0.25, 0.3) is 0 Å². The molecule has 1 aliphatic carbocycles. The minimum Gasteiger partial charge on any atom is -0.373 e. The third-order valence-corrected chi connectivity index (χ3v) is 4.65. The van der Waals surface area contributed by atoms with Gasteiger partial charge in [-0.25, -0.2) is 0 Å². The van der Waals surface area contributed by atoms with Gasteiger partial charge in [0.15, 0.2) is 0 Å². The Labute approximate surface area is 110 Å². The smallest absolute Gasteiger partial charge is 0.0842 e. The first-order valence-corrected chi connectivity index (χ1v) is 7.25. The summed E-state index contributed by atoms with van der Waals surface area (Å²) in [6.07, 6.45) is 6.68. The van der Waals surface area contributed by atoms with E-state index in [1.165, 1.54) is 30.4 Å². The molecule has 0 spiro atoms. The van der Waals surface area contributed by atoms with E-state index in [1.807, 2.05) is 0 Å². The monoisotopic (exact) mass is 245 g/mol. The van der Waals surface area contributed by atoms with Crippen LogP contribution in [0, 0.1) is 5.92 Å². The fourth-order valence-corrected chi connectivity index (χ4v) is 3.29. The first kappa shape index (κ1) is 12.2. The Hall–Kier alpha value is -0.860. The fraction of sp³-hybridized carbons (Fsp3) is 0.625. The zero-order valence-corrected chi connectivity index (χ0v) is 11.2. The Morgan fingerprint density at radius 1 is 1.33 bits per heavy atom. The van der Waals surface area contributed by atoms with Crippen LogP contribution in [-0.4, -0.2) is 19.7 Å². The van der Waals surface area contributed by atoms with Gasteiger partial charge in [-0.05, 0) is 49.8 Å². The molecule has 1 saturated carbocycles. The molecule has 1 heterocycles. The lowest BCUT2D eigenvalue weighted by atomic mass is 9.77. The minimum absolute atomic E-state index is 0.299. The summed E-state index contributed by atoms with van der Waals surface area (Å²) in [4.78, 5) is 0. The van der Waals surface area contributed by atoms with Crippen LogP contribution in [0.3, 0.4) is 0 Å². The summed E-state index contributed by atoms with van der Waals surface area (Å²) in [7, 11) is 2.09. The highest BCUT2D eigenvalue weighted by atomic mass is 16.5. The molecule has 1 aliphatic heterocycles. The van der Waals surface area contributed by atoms with Crippen molar-refractivity contribution in [3.8, 4) is 0 Å². The van der Waals surface area contributed by atoms with Crippen LogP contribution < -0.4 is 5.32 Å². The predicted molar refractivity (Wildman–Crippen MR) is 73.6 cm³/mol. The zero-order chi connectivity index (χ0) is 12.4. The molecule has 3 rings (SSSR count). The average Bonchev–Trinajstić information content (AvgIpc) is 2.36. The Bertz CT molecular complexity index is 400. The lowest BCUT2D eigenvalue weighted by molar-refractivity contribution is 0.0205. The highest BCUT2D eigenvalue weighted by molar-refractivity contribution is 5.31. The van der Waals surface area contributed by atoms with E-state index in [-0.39, 0.29) is 0 Å². The first-order valence-electron chi connectivity index (χ1n) is 7.25. The molecular weight excluding hydrogens is 222 g/mol. The molecule has 2 aliphatic rings. The molecular formula is C16H23NO. The summed E-state index contributed by atoms with van der Waals surface area (Å²) in [6, 6.07) is 9.39. The van der Waals surface area contributed by atoms with Gasteiger partial charge in [-0.3, -0.25) is 0 Å². The van der Waals surface area contributed by atoms with E-state index >= 15 is 0 Å². The summed E-state index contributed by atoms with van der Waals surface area (Å²) in [6.45, 7) is 0.878. The van der Waals surface area contributed by atoms with Gasteiger partial charge in [0.25, 0.3) is 0 Å². The number of rotatable bonds is 4. The molecule has 0 aromatic heterocycles. The van der Waals surface area contributed by atoms with Crippen LogP contribution in [0.15, 0.2) is 24.3 Å². The van der Waals surface area contributed by atoms with Crippen molar-refractivity contribution in [2.75, 3.05) is 13.7 Å². The zero-order valence-electron chi connectivity index (χ0n) is 11.2. The number of hydrogen-bond donors (Lipinski definition) is 1. The summed E-state index contributed by atoms with van der Waals surface area (Å²) in [5.41, 5.74) is 2.90. The van der Waals surface area contributed by atoms with E-state index < -0.39 is 0 Å². The summed E-state index contributed by atoms with van der Waals surface area (Å²) in [5, 5.41) is 3.50. The standard InChI is InChI=1S/C16H23NO/c1-17-15(13-6-4-7-13)11-16-14-8-3-2-5-12(14)9-10-18-16/h2-3,5,8,13,15-17H,4,6-7,9-11H2,1H3. The van der Waals surface area contributed by atoms with Crippen LogP contribution in [0.4, 0.5) is 0 Å². The molecule has 18 heavy (non-hydrogen) atoms. The van der Waals surface area contributed by atoms with Crippen LogP contribution in [0.1, 0.15) is 42.9 Å². The quantitative estimate of drug-likeness (QED) is 0.880. The van der Waals surface area contributed by atoms with Gasteiger partial charge in [0.05, 0.1) is 12.7 Å². The van der Waals surface area contributed by atoms with Crippen molar-refractivity contribution in [1.29, 1.82) is 0 Å². The molecule has 0 amide bonds. The van der Waals surface area contributed by atoms with Crippen molar-refractivity contribution in [2.45, 2.75) is 44.2 Å². The van der Waals surface area contributed by atoms with Crippen molar-refractivity contribution < 1.29 is 4.74 Å². The molecule has 2 atom stereocenters. The SMILES string of the molecule is CNC(CC1OCCc2ccccc21)C1CCC1. The molecule has 1 aromatic rings. The molecule has 1 N–H and O–H groups in total. The van der Waals surface area contributed by atoms with E-state index in [0.717, 1.165) is 25.4 Å². The van der Waals surface area contributed by atoms with Crippen molar-refractivity contribution >= 4 is 0 Å². The van der Waals surface area contributed by atoms with Crippen LogP contribution in [-0.2, 0) is 11.2 Å². The second kappa shape index (κ2) is 5.41. The lowest BCUT2D eigenvalue weighted by Gasteiger charge is -2.37. The number of fused-ring (bicyclic) bond motifs is 1.